The summed E-state index contributed by atoms with van der Waals surface area (Å²) < 4.78 is 21.0. The van der Waals surface area contributed by atoms with Crippen molar-refractivity contribution in [3.05, 3.63) is 51.7 Å². The zero-order valence-electron chi connectivity index (χ0n) is 18.8. The zero-order chi connectivity index (χ0) is 23.3. The number of hydrogen-bond donors (Lipinski definition) is 0. The molecule has 33 heavy (non-hydrogen) atoms. The highest BCUT2D eigenvalue weighted by Gasteiger charge is 2.30. The van der Waals surface area contributed by atoms with Gasteiger partial charge in [0.2, 0.25) is 0 Å². The molecule has 1 saturated heterocycles. The Hall–Kier alpha value is -2.13. The molecule has 0 radical (unpaired) electrons. The first kappa shape index (κ1) is 22.7. The second-order valence-corrected chi connectivity index (χ2v) is 10.2. The molecule has 0 saturated carbocycles. The van der Waals surface area contributed by atoms with Crippen molar-refractivity contribution in [2.24, 2.45) is 0 Å². The second-order valence-electron chi connectivity index (χ2n) is 8.77. The van der Waals surface area contributed by atoms with Gasteiger partial charge in [0, 0.05) is 54.4 Å². The molecule has 0 spiro atoms. The van der Waals surface area contributed by atoms with E-state index >= 15 is 0 Å². The molecule has 0 unspecified atom stereocenters. The van der Waals surface area contributed by atoms with Gasteiger partial charge in [0.1, 0.15) is 11.6 Å². The second kappa shape index (κ2) is 8.91. The van der Waals surface area contributed by atoms with E-state index in [1.165, 1.54) is 12.1 Å². The minimum Gasteiger partial charge on any atom is -0.379 e. The van der Waals surface area contributed by atoms with Crippen LogP contribution in [0.3, 0.4) is 0 Å². The highest BCUT2D eigenvalue weighted by Crippen LogP contribution is 2.45. The number of ether oxygens (including phenoxy) is 1. The third-order valence-electron chi connectivity index (χ3n) is 6.52. The van der Waals surface area contributed by atoms with E-state index in [4.69, 9.17) is 16.3 Å². The van der Waals surface area contributed by atoms with E-state index in [-0.39, 0.29) is 23.7 Å². The fraction of sp³-hybridized carbons (Fsp3) is 0.417. The molecule has 9 heteroatoms. The van der Waals surface area contributed by atoms with Crippen molar-refractivity contribution in [3.8, 4) is 11.1 Å². The lowest BCUT2D eigenvalue weighted by molar-refractivity contribution is 0.107. The smallest absolute Gasteiger partial charge is 0.350 e. The van der Waals surface area contributed by atoms with Crippen molar-refractivity contribution >= 4 is 40.1 Å². The van der Waals surface area contributed by atoms with Crippen LogP contribution in [0, 0.1) is 5.82 Å². The first-order valence-electron chi connectivity index (χ1n) is 11.0. The molecule has 2 aromatic carbocycles. The van der Waals surface area contributed by atoms with Gasteiger partial charge in [-0.15, -0.1) is 11.8 Å². The van der Waals surface area contributed by atoms with Gasteiger partial charge in [-0.2, -0.15) is 4.98 Å². The van der Waals surface area contributed by atoms with Crippen LogP contribution in [0.5, 0.6) is 0 Å². The van der Waals surface area contributed by atoms with Crippen LogP contribution >= 0.6 is 23.4 Å². The zero-order valence-corrected chi connectivity index (χ0v) is 20.4. The number of thioether (sulfide) groups is 1. The maximum atomic E-state index is 13.6. The van der Waals surface area contributed by atoms with Crippen LogP contribution < -0.4 is 10.6 Å². The van der Waals surface area contributed by atoms with Crippen LogP contribution in [0.25, 0.3) is 22.0 Å². The van der Waals surface area contributed by atoms with E-state index in [2.05, 4.69) is 28.8 Å². The fourth-order valence-electron chi connectivity index (χ4n) is 4.81. The Morgan fingerprint density at radius 3 is 2.67 bits per heavy atom. The van der Waals surface area contributed by atoms with Gasteiger partial charge >= 0.3 is 5.69 Å². The summed E-state index contributed by atoms with van der Waals surface area (Å²) in [4.78, 5) is 23.3. The van der Waals surface area contributed by atoms with Gasteiger partial charge in [-0.25, -0.2) is 9.18 Å². The predicted octanol–water partition coefficient (Wildman–Crippen LogP) is 4.12. The molecule has 1 fully saturated rings. The van der Waals surface area contributed by atoms with Gasteiger partial charge in [0.05, 0.1) is 23.2 Å². The van der Waals surface area contributed by atoms with Crippen LogP contribution in [0.4, 0.5) is 10.2 Å². The summed E-state index contributed by atoms with van der Waals surface area (Å²) in [5, 5.41) is 1.42. The third-order valence-corrected chi connectivity index (χ3v) is 8.04. The number of methoxy groups -OCH3 is 1. The highest BCUT2D eigenvalue weighted by atomic mass is 35.5. The largest absolute Gasteiger partial charge is 0.379 e. The number of anilines is 1. The molecular weight excluding hydrogens is 463 g/mol. The van der Waals surface area contributed by atoms with Gasteiger partial charge in [0.25, 0.3) is 0 Å². The van der Waals surface area contributed by atoms with Crippen LogP contribution in [0.1, 0.15) is 6.92 Å². The van der Waals surface area contributed by atoms with E-state index in [1.807, 2.05) is 6.07 Å². The average molecular weight is 489 g/mol. The fourth-order valence-corrected chi connectivity index (χ4v) is 6.50. The standard InChI is InChI=1S/C24H26ClFN4O2S/c1-14-11-28(2)8-9-29(14)23-18-10-19(25)20(15-4-6-16(26)7-5-15)22-21(18)30(24(31)27-23)12-17(32-3)13-33-22/h4-7,10,14,17H,8-9,11-13H2,1-3H3/t14-,17+/m0/s1. The lowest BCUT2D eigenvalue weighted by Crippen LogP contribution is -2.51. The van der Waals surface area contributed by atoms with Crippen molar-refractivity contribution < 1.29 is 9.13 Å². The monoisotopic (exact) mass is 488 g/mol. The number of likely N-dealkylation sites (N-methyl/N-ethyl adjacent to an activating group) is 1. The molecule has 174 valence electrons. The molecular formula is C24H26ClFN4O2S. The molecule has 3 heterocycles. The van der Waals surface area contributed by atoms with Gasteiger partial charge in [0.15, 0.2) is 0 Å². The average Bonchev–Trinajstić information content (AvgIpc) is 2.98. The molecule has 5 rings (SSSR count). The van der Waals surface area contributed by atoms with Crippen molar-refractivity contribution in [1.29, 1.82) is 0 Å². The van der Waals surface area contributed by atoms with E-state index < -0.39 is 0 Å². The minimum atomic E-state index is -0.305. The maximum Gasteiger partial charge on any atom is 0.350 e. The Labute approximate surface area is 201 Å². The number of benzene rings is 2. The number of hydrogen-bond acceptors (Lipinski definition) is 6. The highest BCUT2D eigenvalue weighted by molar-refractivity contribution is 7.99. The van der Waals surface area contributed by atoms with Gasteiger partial charge < -0.3 is 14.5 Å². The van der Waals surface area contributed by atoms with E-state index in [0.717, 1.165) is 46.6 Å². The molecule has 1 aromatic heterocycles. The summed E-state index contributed by atoms with van der Waals surface area (Å²) in [6.45, 7) is 5.13. The summed E-state index contributed by atoms with van der Waals surface area (Å²) >= 11 is 8.51. The Morgan fingerprint density at radius 1 is 1.21 bits per heavy atom. The van der Waals surface area contributed by atoms with Crippen LogP contribution in [0.15, 0.2) is 40.0 Å². The van der Waals surface area contributed by atoms with E-state index in [0.29, 0.717) is 23.1 Å². The molecule has 0 amide bonds. The molecule has 6 nitrogen and oxygen atoms in total. The predicted molar refractivity (Wildman–Crippen MR) is 132 cm³/mol. The van der Waals surface area contributed by atoms with E-state index in [1.54, 1.807) is 35.6 Å². The van der Waals surface area contributed by atoms with Crippen molar-refractivity contribution in [1.82, 2.24) is 14.5 Å². The van der Waals surface area contributed by atoms with Gasteiger partial charge in [-0.3, -0.25) is 4.57 Å². The maximum absolute atomic E-state index is 13.6. The number of rotatable bonds is 3. The summed E-state index contributed by atoms with van der Waals surface area (Å²) in [5.74, 6) is 1.04. The quantitative estimate of drug-likeness (QED) is 0.553. The summed E-state index contributed by atoms with van der Waals surface area (Å²) in [6.07, 6.45) is -0.140. The Balaban J connectivity index is 1.81. The Morgan fingerprint density at radius 2 is 1.97 bits per heavy atom. The van der Waals surface area contributed by atoms with Crippen molar-refractivity contribution in [3.63, 3.8) is 0 Å². The number of halogens is 2. The van der Waals surface area contributed by atoms with Gasteiger partial charge in [-0.05, 0) is 37.7 Å². The molecule has 0 aliphatic carbocycles. The summed E-state index contributed by atoms with van der Waals surface area (Å²) in [6, 6.07) is 8.43. The SMILES string of the molecule is CO[C@H]1CSc2c(-c3ccc(F)cc3)c(Cl)cc3c(N4CCN(C)C[C@@H]4C)nc(=O)n(c23)C1. The lowest BCUT2D eigenvalue weighted by Gasteiger charge is -2.39. The molecule has 3 aromatic rings. The van der Waals surface area contributed by atoms with Gasteiger partial charge in [-0.1, -0.05) is 23.7 Å². The van der Waals surface area contributed by atoms with Crippen LogP contribution in [-0.4, -0.2) is 66.1 Å². The van der Waals surface area contributed by atoms with Crippen molar-refractivity contribution in [2.75, 3.05) is 44.4 Å². The number of piperazine rings is 1. The summed E-state index contributed by atoms with van der Waals surface area (Å²) in [5.41, 5.74) is 2.15. The van der Waals surface area contributed by atoms with Crippen LogP contribution in [-0.2, 0) is 11.3 Å². The molecule has 2 aliphatic rings. The molecule has 2 atom stereocenters. The summed E-state index contributed by atoms with van der Waals surface area (Å²) in [7, 11) is 3.76. The normalized spacial score (nSPS) is 21.4. The first-order valence-corrected chi connectivity index (χ1v) is 12.4. The van der Waals surface area contributed by atoms with E-state index in [9.17, 15) is 9.18 Å². The Kier molecular flexibility index (Phi) is 6.11. The number of aromatic nitrogens is 2. The van der Waals surface area contributed by atoms with Crippen molar-refractivity contribution in [2.45, 2.75) is 30.5 Å². The first-order chi connectivity index (χ1) is 15.9. The number of nitrogens with zero attached hydrogens (tertiary/aromatic N) is 4. The molecule has 2 aliphatic heterocycles. The Bertz CT molecular complexity index is 1270. The van der Waals surface area contributed by atoms with Crippen LogP contribution in [0.2, 0.25) is 5.02 Å². The molecule has 0 bridgehead atoms. The third kappa shape index (κ3) is 4.03. The minimum absolute atomic E-state index is 0.140. The topological polar surface area (TPSA) is 50.6 Å². The molecule has 0 N–H and O–H groups in total. The lowest BCUT2D eigenvalue weighted by atomic mass is 10.0.